The molecule has 1 saturated carbocycles. The molecule has 4 atom stereocenters. The van der Waals surface area contributed by atoms with Crippen LogP contribution < -0.4 is 0 Å². The molecule has 1 aliphatic carbocycles. The third kappa shape index (κ3) is 4.30. The van der Waals surface area contributed by atoms with E-state index in [1.165, 1.54) is 7.11 Å². The number of methoxy groups -OCH3 is 1. The maximum atomic E-state index is 13.4. The molecule has 0 N–H and O–H groups in total. The Balaban J connectivity index is 2.23. The van der Waals surface area contributed by atoms with E-state index in [1.807, 2.05) is 41.5 Å². The van der Waals surface area contributed by atoms with Crippen molar-refractivity contribution in [3.8, 4) is 0 Å². The minimum atomic E-state index is -0.601. The van der Waals surface area contributed by atoms with Gasteiger partial charge in [-0.1, -0.05) is 34.6 Å². The Morgan fingerprint density at radius 2 is 1.67 bits per heavy atom. The fourth-order valence-electron chi connectivity index (χ4n) is 4.42. The van der Waals surface area contributed by atoms with Gasteiger partial charge in [0.2, 0.25) is 5.91 Å². The molecule has 6 heteroatoms. The summed E-state index contributed by atoms with van der Waals surface area (Å²) in [5.74, 6) is -1.06. The fourth-order valence-corrected chi connectivity index (χ4v) is 4.42. The second-order valence-electron chi connectivity index (χ2n) is 10.6. The Hall–Kier alpha value is -1.59. The van der Waals surface area contributed by atoms with E-state index in [0.717, 1.165) is 0 Å². The zero-order chi connectivity index (χ0) is 20.9. The Morgan fingerprint density at radius 1 is 1.11 bits per heavy atom. The van der Waals surface area contributed by atoms with Gasteiger partial charge in [0.25, 0.3) is 0 Å². The van der Waals surface area contributed by atoms with Gasteiger partial charge in [-0.05, 0) is 37.5 Å². The van der Waals surface area contributed by atoms with E-state index < -0.39 is 28.9 Å². The molecule has 0 aromatic rings. The molecule has 2 rings (SSSR count). The molecule has 0 radical (unpaired) electrons. The number of likely N-dealkylation sites (tertiary alicyclic amines) is 1. The third-order valence-electron chi connectivity index (χ3n) is 6.07. The molecule has 1 heterocycles. The van der Waals surface area contributed by atoms with Gasteiger partial charge in [-0.3, -0.25) is 9.59 Å². The molecule has 0 spiro atoms. The zero-order valence-corrected chi connectivity index (χ0v) is 18.2. The summed E-state index contributed by atoms with van der Waals surface area (Å²) < 4.78 is 10.4. The molecule has 154 valence electrons. The van der Waals surface area contributed by atoms with Crippen molar-refractivity contribution in [1.29, 1.82) is 0 Å². The van der Waals surface area contributed by atoms with Gasteiger partial charge in [0.1, 0.15) is 11.6 Å². The van der Waals surface area contributed by atoms with Gasteiger partial charge in [-0.15, -0.1) is 0 Å². The van der Waals surface area contributed by atoms with Crippen LogP contribution in [0.2, 0.25) is 0 Å². The predicted octanol–water partition coefficient (Wildman–Crippen LogP) is 3.04. The number of carbonyl (C=O) groups excluding carboxylic acids is 3. The molecule has 2 fully saturated rings. The van der Waals surface area contributed by atoms with Crippen molar-refractivity contribution < 1.29 is 23.9 Å². The Kier molecular flexibility index (Phi) is 5.45. The first kappa shape index (κ1) is 21.7. The summed E-state index contributed by atoms with van der Waals surface area (Å²) in [6, 6.07) is -0.564. The van der Waals surface area contributed by atoms with Crippen molar-refractivity contribution in [1.82, 2.24) is 4.90 Å². The Morgan fingerprint density at radius 3 is 2.11 bits per heavy atom. The van der Waals surface area contributed by atoms with Crippen molar-refractivity contribution in [3.05, 3.63) is 0 Å². The summed E-state index contributed by atoms with van der Waals surface area (Å²) in [6.07, 6.45) is 0.00270. The summed E-state index contributed by atoms with van der Waals surface area (Å²) >= 11 is 0. The summed E-state index contributed by atoms with van der Waals surface area (Å²) in [5.41, 5.74) is -0.995. The third-order valence-corrected chi connectivity index (χ3v) is 6.07. The molecule has 0 aromatic heterocycles. The molecule has 1 aliphatic heterocycles. The van der Waals surface area contributed by atoms with Crippen LogP contribution in [0.1, 0.15) is 61.8 Å². The summed E-state index contributed by atoms with van der Waals surface area (Å²) in [4.78, 5) is 39.9. The van der Waals surface area contributed by atoms with E-state index in [2.05, 4.69) is 13.8 Å². The molecule has 1 saturated heterocycles. The summed E-state index contributed by atoms with van der Waals surface area (Å²) in [7, 11) is 1.36. The highest BCUT2D eigenvalue weighted by Crippen LogP contribution is 2.65. The number of nitrogens with zero attached hydrogens (tertiary/aromatic N) is 1. The maximum absolute atomic E-state index is 13.4. The first-order valence-electron chi connectivity index (χ1n) is 9.71. The number of piperidine rings is 1. The van der Waals surface area contributed by atoms with E-state index in [0.29, 0.717) is 12.5 Å². The summed E-state index contributed by atoms with van der Waals surface area (Å²) in [6.45, 7) is 16.0. The minimum Gasteiger partial charge on any atom is -0.467 e. The van der Waals surface area contributed by atoms with Crippen LogP contribution in [0.15, 0.2) is 0 Å². The van der Waals surface area contributed by atoms with Gasteiger partial charge in [0.05, 0.1) is 19.4 Å². The highest BCUT2D eigenvalue weighted by atomic mass is 16.6. The zero-order valence-electron chi connectivity index (χ0n) is 18.2. The number of fused-ring (bicyclic) bond motifs is 1. The normalized spacial score (nSPS) is 27.6. The maximum Gasteiger partial charge on any atom is 0.328 e. The van der Waals surface area contributed by atoms with Gasteiger partial charge in [0, 0.05) is 12.5 Å². The quantitative estimate of drug-likeness (QED) is 0.700. The van der Waals surface area contributed by atoms with Crippen LogP contribution >= 0.6 is 0 Å². The molecule has 0 bridgehead atoms. The van der Waals surface area contributed by atoms with E-state index in [-0.39, 0.29) is 29.6 Å². The Labute approximate surface area is 162 Å². The molecule has 6 nitrogen and oxygen atoms in total. The number of amides is 1. The van der Waals surface area contributed by atoms with Crippen LogP contribution in [0.3, 0.4) is 0 Å². The molecule has 27 heavy (non-hydrogen) atoms. The summed E-state index contributed by atoms with van der Waals surface area (Å²) in [5, 5.41) is 0. The van der Waals surface area contributed by atoms with Crippen LogP contribution in [-0.4, -0.2) is 48.0 Å². The molecular formula is C21H35NO5. The molecule has 2 aliphatic rings. The molecule has 1 amide bonds. The first-order valence-corrected chi connectivity index (χ1v) is 9.71. The van der Waals surface area contributed by atoms with E-state index in [4.69, 9.17) is 9.47 Å². The number of hydrogen-bond donors (Lipinski definition) is 0. The number of rotatable bonds is 4. The van der Waals surface area contributed by atoms with Crippen LogP contribution in [0.5, 0.6) is 0 Å². The number of hydrogen-bond acceptors (Lipinski definition) is 5. The van der Waals surface area contributed by atoms with Gasteiger partial charge in [-0.25, -0.2) is 4.79 Å². The highest BCUT2D eigenvalue weighted by molar-refractivity contribution is 5.90. The fraction of sp³-hybridized carbons (Fsp3) is 0.857. The van der Waals surface area contributed by atoms with Crippen molar-refractivity contribution in [2.45, 2.75) is 73.5 Å². The van der Waals surface area contributed by atoms with E-state index in [1.54, 1.807) is 4.90 Å². The van der Waals surface area contributed by atoms with E-state index >= 15 is 0 Å². The first-order chi connectivity index (χ1) is 12.1. The standard InChI is InChI=1S/C21H35NO5/c1-19(2,3)12(10-14(23)27-20(4,5)6)17(24)22-11-13-15(21(13,7)8)16(22)18(25)26-9/h12-13,15-16H,10-11H2,1-9H3/t12-,13+,15+,16+/m1/s1. The van der Waals surface area contributed by atoms with Crippen molar-refractivity contribution in [3.63, 3.8) is 0 Å². The SMILES string of the molecule is COC(=O)[C@@H]1[C@@H]2[C@H](CN1C(=O)[C@@H](CC(=O)OC(C)(C)C)C(C)(C)C)C2(C)C. The molecule has 0 unspecified atom stereocenters. The predicted molar refractivity (Wildman–Crippen MR) is 102 cm³/mol. The number of carbonyl (C=O) groups is 3. The minimum absolute atomic E-state index is 0.00270. The lowest BCUT2D eigenvalue weighted by atomic mass is 9.77. The van der Waals surface area contributed by atoms with Crippen LogP contribution in [0, 0.1) is 28.6 Å². The lowest BCUT2D eigenvalue weighted by Crippen LogP contribution is -2.50. The number of esters is 2. The van der Waals surface area contributed by atoms with Crippen molar-refractivity contribution in [2.24, 2.45) is 28.6 Å². The number of ether oxygens (including phenoxy) is 2. The second-order valence-corrected chi connectivity index (χ2v) is 10.6. The lowest BCUT2D eigenvalue weighted by Gasteiger charge is -2.37. The van der Waals surface area contributed by atoms with Crippen LogP contribution in [-0.2, 0) is 23.9 Å². The van der Waals surface area contributed by atoms with Gasteiger partial charge in [-0.2, -0.15) is 0 Å². The van der Waals surface area contributed by atoms with Crippen molar-refractivity contribution in [2.75, 3.05) is 13.7 Å². The van der Waals surface area contributed by atoms with Gasteiger partial charge < -0.3 is 14.4 Å². The second kappa shape index (κ2) is 6.78. The largest absolute Gasteiger partial charge is 0.467 e. The van der Waals surface area contributed by atoms with Gasteiger partial charge >= 0.3 is 11.9 Å². The average Bonchev–Trinajstić information content (AvgIpc) is 2.85. The molecule has 0 aromatic carbocycles. The van der Waals surface area contributed by atoms with Crippen LogP contribution in [0.4, 0.5) is 0 Å². The highest BCUT2D eigenvalue weighted by Gasteiger charge is 2.70. The smallest absolute Gasteiger partial charge is 0.328 e. The lowest BCUT2D eigenvalue weighted by molar-refractivity contribution is -0.162. The topological polar surface area (TPSA) is 72.9 Å². The van der Waals surface area contributed by atoms with E-state index in [9.17, 15) is 14.4 Å². The monoisotopic (exact) mass is 381 g/mol. The average molecular weight is 382 g/mol. The Bertz CT molecular complexity index is 625. The van der Waals surface area contributed by atoms with Crippen LogP contribution in [0.25, 0.3) is 0 Å². The van der Waals surface area contributed by atoms with Gasteiger partial charge in [0.15, 0.2) is 0 Å². The molecular weight excluding hydrogens is 346 g/mol. The van der Waals surface area contributed by atoms with Crippen molar-refractivity contribution >= 4 is 17.8 Å².